The van der Waals surface area contributed by atoms with Crippen LogP contribution in [-0.2, 0) is 6.54 Å². The highest BCUT2D eigenvalue weighted by molar-refractivity contribution is 9.10. The average molecular weight is 391 g/mol. The van der Waals surface area contributed by atoms with Crippen molar-refractivity contribution in [2.24, 2.45) is 0 Å². The van der Waals surface area contributed by atoms with E-state index >= 15 is 0 Å². The molecule has 2 aromatic carbocycles. The summed E-state index contributed by atoms with van der Waals surface area (Å²) >= 11 is 10.2. The van der Waals surface area contributed by atoms with Gasteiger partial charge in [0.05, 0.1) is 26.9 Å². The maximum atomic E-state index is 13.9. The van der Waals surface area contributed by atoms with E-state index in [1.165, 1.54) is 12.1 Å². The van der Waals surface area contributed by atoms with Crippen LogP contribution >= 0.6 is 39.3 Å². The van der Waals surface area contributed by atoms with Crippen LogP contribution in [0.5, 0.6) is 0 Å². The standard InChI is InChI=1S/C13H7BrClF2N3S/c14-7-1-3-9(16)6(11(7)17)5-18-12-8(15)2-4-10-13(12)20-21-19-10/h1-4,18H,5H2. The molecule has 0 fully saturated rings. The van der Waals surface area contributed by atoms with Gasteiger partial charge in [-0.1, -0.05) is 11.6 Å². The molecule has 0 bridgehead atoms. The highest BCUT2D eigenvalue weighted by Gasteiger charge is 2.14. The molecule has 3 aromatic rings. The first-order chi connectivity index (χ1) is 10.1. The van der Waals surface area contributed by atoms with Gasteiger partial charge in [-0.05, 0) is 40.2 Å². The van der Waals surface area contributed by atoms with Gasteiger partial charge in [0.25, 0.3) is 0 Å². The molecule has 0 saturated heterocycles. The summed E-state index contributed by atoms with van der Waals surface area (Å²) in [7, 11) is 0. The maximum Gasteiger partial charge on any atom is 0.145 e. The second-order valence-electron chi connectivity index (χ2n) is 4.23. The lowest BCUT2D eigenvalue weighted by atomic mass is 10.2. The van der Waals surface area contributed by atoms with E-state index in [1.807, 2.05) is 0 Å². The van der Waals surface area contributed by atoms with Crippen LogP contribution in [0.4, 0.5) is 14.5 Å². The van der Waals surface area contributed by atoms with E-state index in [0.29, 0.717) is 21.7 Å². The van der Waals surface area contributed by atoms with Crippen LogP contribution in [-0.4, -0.2) is 8.75 Å². The molecule has 1 heterocycles. The van der Waals surface area contributed by atoms with Crippen molar-refractivity contribution >= 4 is 56.0 Å². The average Bonchev–Trinajstić information content (AvgIpc) is 2.93. The molecule has 0 saturated carbocycles. The molecule has 1 N–H and O–H groups in total. The molecule has 0 atom stereocenters. The highest BCUT2D eigenvalue weighted by atomic mass is 79.9. The van der Waals surface area contributed by atoms with Crippen molar-refractivity contribution in [2.75, 3.05) is 5.32 Å². The van der Waals surface area contributed by atoms with Crippen molar-refractivity contribution in [1.82, 2.24) is 8.75 Å². The number of rotatable bonds is 3. The molecule has 1 aromatic heterocycles. The summed E-state index contributed by atoms with van der Waals surface area (Å²) in [6.45, 7) is -0.0481. The van der Waals surface area contributed by atoms with Gasteiger partial charge in [0.15, 0.2) is 0 Å². The fourth-order valence-electron chi connectivity index (χ4n) is 1.90. The third kappa shape index (κ3) is 2.73. The third-order valence-electron chi connectivity index (χ3n) is 2.96. The zero-order valence-electron chi connectivity index (χ0n) is 10.3. The topological polar surface area (TPSA) is 37.8 Å². The minimum absolute atomic E-state index is 0.0481. The lowest BCUT2D eigenvalue weighted by molar-refractivity contribution is 0.556. The lowest BCUT2D eigenvalue weighted by Crippen LogP contribution is -2.06. The van der Waals surface area contributed by atoms with Crippen LogP contribution in [0.15, 0.2) is 28.7 Å². The van der Waals surface area contributed by atoms with E-state index in [4.69, 9.17) is 11.6 Å². The fraction of sp³-hybridized carbons (Fsp3) is 0.0769. The van der Waals surface area contributed by atoms with E-state index in [9.17, 15) is 8.78 Å². The Morgan fingerprint density at radius 1 is 1.19 bits per heavy atom. The Kier molecular flexibility index (Phi) is 4.05. The first-order valence-corrected chi connectivity index (χ1v) is 7.75. The monoisotopic (exact) mass is 389 g/mol. The van der Waals surface area contributed by atoms with Gasteiger partial charge >= 0.3 is 0 Å². The summed E-state index contributed by atoms with van der Waals surface area (Å²) in [5.41, 5.74) is 1.72. The summed E-state index contributed by atoms with van der Waals surface area (Å²) in [5.74, 6) is -1.26. The number of halogens is 4. The number of nitrogens with one attached hydrogen (secondary N) is 1. The Morgan fingerprint density at radius 3 is 2.81 bits per heavy atom. The normalized spacial score (nSPS) is 11.0. The number of anilines is 1. The lowest BCUT2D eigenvalue weighted by Gasteiger charge is -2.11. The molecule has 0 radical (unpaired) electrons. The van der Waals surface area contributed by atoms with Crippen molar-refractivity contribution in [3.8, 4) is 0 Å². The first-order valence-electron chi connectivity index (χ1n) is 5.85. The van der Waals surface area contributed by atoms with Crippen molar-refractivity contribution in [1.29, 1.82) is 0 Å². The number of nitrogens with zero attached hydrogens (tertiary/aromatic N) is 2. The molecule has 0 aliphatic heterocycles. The molecular formula is C13H7BrClF2N3S. The van der Waals surface area contributed by atoms with Crippen molar-refractivity contribution in [3.63, 3.8) is 0 Å². The molecule has 8 heteroatoms. The number of hydrogen-bond acceptors (Lipinski definition) is 4. The van der Waals surface area contributed by atoms with Crippen LogP contribution < -0.4 is 5.32 Å². The molecule has 0 aliphatic carbocycles. The quantitative estimate of drug-likeness (QED) is 0.640. The van der Waals surface area contributed by atoms with Gasteiger partial charge in [0, 0.05) is 12.1 Å². The molecule has 0 amide bonds. The molecule has 0 spiro atoms. The van der Waals surface area contributed by atoms with E-state index < -0.39 is 11.6 Å². The Hall–Kier alpha value is -1.31. The van der Waals surface area contributed by atoms with Gasteiger partial charge in [-0.25, -0.2) is 8.78 Å². The van der Waals surface area contributed by atoms with Gasteiger partial charge in [-0.2, -0.15) is 8.75 Å². The number of fused-ring (bicyclic) bond motifs is 1. The van der Waals surface area contributed by atoms with Gasteiger partial charge in [-0.15, -0.1) is 0 Å². The third-order valence-corrected chi connectivity index (χ3v) is 4.43. The van der Waals surface area contributed by atoms with E-state index in [1.54, 1.807) is 12.1 Å². The van der Waals surface area contributed by atoms with Crippen LogP contribution in [0.3, 0.4) is 0 Å². The highest BCUT2D eigenvalue weighted by Crippen LogP contribution is 2.31. The molecule has 3 nitrogen and oxygen atoms in total. The molecule has 0 aliphatic rings. The van der Waals surface area contributed by atoms with Crippen LogP contribution in [0.2, 0.25) is 5.02 Å². The second-order valence-corrected chi connectivity index (χ2v) is 6.02. The zero-order chi connectivity index (χ0) is 15.0. The smallest absolute Gasteiger partial charge is 0.145 e. The molecule has 21 heavy (non-hydrogen) atoms. The van der Waals surface area contributed by atoms with Gasteiger partial charge in [-0.3, -0.25) is 0 Å². The summed E-state index contributed by atoms with van der Waals surface area (Å²) in [6.07, 6.45) is 0. The van der Waals surface area contributed by atoms with Crippen molar-refractivity contribution < 1.29 is 8.78 Å². The van der Waals surface area contributed by atoms with Crippen LogP contribution in [0, 0.1) is 11.6 Å². The Balaban J connectivity index is 1.96. The minimum Gasteiger partial charge on any atom is -0.378 e. The van der Waals surface area contributed by atoms with E-state index in [0.717, 1.165) is 11.7 Å². The Bertz CT molecular complexity index is 825. The molecule has 108 valence electrons. The molecular weight excluding hydrogens is 384 g/mol. The number of aromatic nitrogens is 2. The van der Waals surface area contributed by atoms with Crippen molar-refractivity contribution in [2.45, 2.75) is 6.54 Å². The van der Waals surface area contributed by atoms with Crippen LogP contribution in [0.25, 0.3) is 11.0 Å². The van der Waals surface area contributed by atoms with Gasteiger partial charge in [0.1, 0.15) is 22.7 Å². The van der Waals surface area contributed by atoms with E-state index in [2.05, 4.69) is 30.0 Å². The predicted molar refractivity (Wildman–Crippen MR) is 83.8 cm³/mol. The minimum atomic E-state index is -0.637. The van der Waals surface area contributed by atoms with E-state index in [-0.39, 0.29) is 16.6 Å². The van der Waals surface area contributed by atoms with Gasteiger partial charge in [0.2, 0.25) is 0 Å². The zero-order valence-corrected chi connectivity index (χ0v) is 13.5. The SMILES string of the molecule is Fc1ccc(Br)c(F)c1CNc1c(Cl)ccc2nsnc12. The van der Waals surface area contributed by atoms with Gasteiger partial charge < -0.3 is 5.32 Å². The Labute approximate surface area is 136 Å². The summed E-state index contributed by atoms with van der Waals surface area (Å²) in [4.78, 5) is 0. The van der Waals surface area contributed by atoms with Crippen LogP contribution in [0.1, 0.15) is 5.56 Å². The predicted octanol–water partition coefficient (Wildman–Crippen LogP) is 5.00. The number of benzene rings is 2. The molecule has 3 rings (SSSR count). The Morgan fingerprint density at radius 2 is 2.00 bits per heavy atom. The summed E-state index contributed by atoms with van der Waals surface area (Å²) < 4.78 is 36.1. The second kappa shape index (κ2) is 5.82. The number of hydrogen-bond donors (Lipinski definition) is 1. The largest absolute Gasteiger partial charge is 0.378 e. The molecule has 0 unspecified atom stereocenters. The summed E-state index contributed by atoms with van der Waals surface area (Å²) in [6, 6.07) is 5.94. The maximum absolute atomic E-state index is 13.9. The fourth-order valence-corrected chi connectivity index (χ4v) is 3.04. The van der Waals surface area contributed by atoms with Crippen molar-refractivity contribution in [3.05, 3.63) is 51.0 Å². The summed E-state index contributed by atoms with van der Waals surface area (Å²) in [5, 5.41) is 3.36. The first kappa shape index (κ1) is 14.6.